The third-order valence-electron chi connectivity index (χ3n) is 3.51. The lowest BCUT2D eigenvalue weighted by Gasteiger charge is -2.28. The van der Waals surface area contributed by atoms with E-state index in [-0.39, 0.29) is 11.6 Å². The van der Waals surface area contributed by atoms with E-state index in [9.17, 15) is 9.59 Å². The molecule has 104 valence electrons. The Morgan fingerprint density at radius 2 is 2.10 bits per heavy atom. The number of fused-ring (bicyclic) bond motifs is 1. The van der Waals surface area contributed by atoms with Gasteiger partial charge in [0.25, 0.3) is 5.56 Å². The highest BCUT2D eigenvalue weighted by atomic mass is 16.2. The zero-order valence-corrected chi connectivity index (χ0v) is 11.4. The maximum absolute atomic E-state index is 12.4. The molecule has 1 saturated heterocycles. The first-order chi connectivity index (χ1) is 9.49. The molecule has 1 fully saturated rings. The Hall–Kier alpha value is -2.57. The summed E-state index contributed by atoms with van der Waals surface area (Å²) in [5, 5.41) is 7.50. The molecular weight excluding hydrogens is 258 g/mol. The highest BCUT2D eigenvalue weighted by Crippen LogP contribution is 2.24. The first-order valence-electron chi connectivity index (χ1n) is 6.26. The van der Waals surface area contributed by atoms with Gasteiger partial charge in [0.15, 0.2) is 0 Å². The molecule has 3 rings (SSSR count). The molecule has 7 heteroatoms. The fourth-order valence-corrected chi connectivity index (χ4v) is 2.41. The Morgan fingerprint density at radius 3 is 2.80 bits per heavy atom. The Labute approximate surface area is 115 Å². The number of carbonyl (C=O) groups is 1. The number of urea groups is 1. The number of nitrogens with zero attached hydrogens (tertiary/aromatic N) is 4. The van der Waals surface area contributed by atoms with Crippen molar-refractivity contribution < 1.29 is 4.79 Å². The zero-order chi connectivity index (χ0) is 14.4. The van der Waals surface area contributed by atoms with E-state index in [1.807, 2.05) is 0 Å². The van der Waals surface area contributed by atoms with Gasteiger partial charge in [-0.15, -0.1) is 0 Å². The van der Waals surface area contributed by atoms with Gasteiger partial charge in [-0.2, -0.15) is 5.10 Å². The van der Waals surface area contributed by atoms with Crippen molar-refractivity contribution in [1.29, 1.82) is 0 Å². The fourth-order valence-electron chi connectivity index (χ4n) is 2.41. The van der Waals surface area contributed by atoms with E-state index in [2.05, 4.69) is 17.0 Å². The molecule has 2 aromatic rings. The lowest BCUT2D eigenvalue weighted by atomic mass is 10.2. The van der Waals surface area contributed by atoms with Crippen LogP contribution in [0.2, 0.25) is 0 Å². The second-order valence-electron chi connectivity index (χ2n) is 4.90. The van der Waals surface area contributed by atoms with Crippen molar-refractivity contribution in [2.75, 3.05) is 11.4 Å². The highest BCUT2D eigenvalue weighted by molar-refractivity contribution is 6.02. The van der Waals surface area contributed by atoms with Crippen molar-refractivity contribution in [1.82, 2.24) is 19.7 Å². The number of hydrogen-bond acceptors (Lipinski definition) is 3. The van der Waals surface area contributed by atoms with E-state index in [1.165, 1.54) is 9.47 Å². The predicted molar refractivity (Wildman–Crippen MR) is 75.6 cm³/mol. The van der Waals surface area contributed by atoms with E-state index < -0.39 is 0 Å². The molecule has 0 atom stereocenters. The second kappa shape index (κ2) is 4.22. The number of rotatable bonds is 1. The summed E-state index contributed by atoms with van der Waals surface area (Å²) in [6, 6.07) is -0.324. The molecule has 7 nitrogen and oxygen atoms in total. The van der Waals surface area contributed by atoms with Crippen LogP contribution in [0.25, 0.3) is 10.9 Å². The molecule has 0 spiro atoms. The van der Waals surface area contributed by atoms with Crippen LogP contribution < -0.4 is 15.8 Å². The van der Waals surface area contributed by atoms with Gasteiger partial charge >= 0.3 is 6.03 Å². The van der Waals surface area contributed by atoms with Gasteiger partial charge in [-0.3, -0.25) is 14.4 Å². The molecule has 2 aromatic heterocycles. The zero-order valence-electron chi connectivity index (χ0n) is 11.4. The smallest absolute Gasteiger partial charge is 0.315 e. The molecule has 0 bridgehead atoms. The summed E-state index contributed by atoms with van der Waals surface area (Å²) in [6.45, 7) is 4.18. The van der Waals surface area contributed by atoms with E-state index in [4.69, 9.17) is 0 Å². The van der Waals surface area contributed by atoms with Crippen LogP contribution in [0, 0.1) is 0 Å². The van der Waals surface area contributed by atoms with Gasteiger partial charge in [-0.25, -0.2) is 4.79 Å². The summed E-state index contributed by atoms with van der Waals surface area (Å²) < 4.78 is 3.15. The van der Waals surface area contributed by atoms with Gasteiger partial charge in [0.05, 0.1) is 17.1 Å². The number of amides is 2. The molecule has 3 heterocycles. The van der Waals surface area contributed by atoms with Gasteiger partial charge < -0.3 is 9.88 Å². The van der Waals surface area contributed by atoms with Crippen molar-refractivity contribution >= 4 is 22.6 Å². The molecular formula is C13H15N5O2. The third-order valence-corrected chi connectivity index (χ3v) is 3.51. The molecule has 1 N–H and O–H groups in total. The van der Waals surface area contributed by atoms with Crippen LogP contribution in [-0.4, -0.2) is 26.9 Å². The van der Waals surface area contributed by atoms with Crippen LogP contribution in [-0.2, 0) is 14.1 Å². The summed E-state index contributed by atoms with van der Waals surface area (Å²) in [5.41, 5.74) is 1.62. The topological polar surface area (TPSA) is 72.2 Å². The van der Waals surface area contributed by atoms with Crippen molar-refractivity contribution in [3.05, 3.63) is 35.0 Å². The number of aromatic nitrogens is 3. The maximum Gasteiger partial charge on any atom is 0.326 e. The van der Waals surface area contributed by atoms with Gasteiger partial charge in [0.1, 0.15) is 5.69 Å². The first kappa shape index (κ1) is 12.5. The molecule has 0 saturated carbocycles. The minimum Gasteiger partial charge on any atom is -0.315 e. The van der Waals surface area contributed by atoms with E-state index >= 15 is 0 Å². The van der Waals surface area contributed by atoms with Gasteiger partial charge in [-0.05, 0) is 0 Å². The summed E-state index contributed by atoms with van der Waals surface area (Å²) in [4.78, 5) is 26.0. The average Bonchev–Trinajstić information content (AvgIpc) is 2.74. The molecule has 2 amide bonds. The number of anilines is 1. The van der Waals surface area contributed by atoms with Crippen LogP contribution in [0.1, 0.15) is 6.42 Å². The number of pyridine rings is 1. The monoisotopic (exact) mass is 273 g/mol. The molecule has 0 unspecified atom stereocenters. The lowest BCUT2D eigenvalue weighted by molar-refractivity contribution is 0.246. The largest absolute Gasteiger partial charge is 0.326 e. The predicted octanol–water partition coefficient (Wildman–Crippen LogP) is 0.705. The van der Waals surface area contributed by atoms with Crippen molar-refractivity contribution in [3.63, 3.8) is 0 Å². The van der Waals surface area contributed by atoms with Crippen LogP contribution in [0.15, 0.2) is 29.5 Å². The number of aryl methyl sites for hydroxylation is 2. The van der Waals surface area contributed by atoms with E-state index in [1.54, 1.807) is 31.2 Å². The minimum absolute atomic E-state index is 0.215. The van der Waals surface area contributed by atoms with Crippen LogP contribution in [0.4, 0.5) is 10.5 Å². The number of carbonyl (C=O) groups excluding carboxylic acids is 1. The fraction of sp³-hybridized carbons (Fsp3) is 0.308. The molecule has 0 radical (unpaired) electrons. The van der Waals surface area contributed by atoms with Crippen molar-refractivity contribution in [2.45, 2.75) is 6.42 Å². The summed E-state index contributed by atoms with van der Waals surface area (Å²) in [7, 11) is 3.47. The lowest BCUT2D eigenvalue weighted by Crippen LogP contribution is -2.47. The second-order valence-corrected chi connectivity index (χ2v) is 4.90. The van der Waals surface area contributed by atoms with Crippen molar-refractivity contribution in [2.24, 2.45) is 14.1 Å². The van der Waals surface area contributed by atoms with Crippen LogP contribution >= 0.6 is 0 Å². The standard InChI is InChI=1S/C13H15N5O2/c1-8-4-5-18(13(20)15-8)11-9-6-14-17(3)10(9)7-16(2)12(11)19/h6-7H,1,4-5H2,2-3H3,(H,15,20). The molecule has 0 aliphatic carbocycles. The summed E-state index contributed by atoms with van der Waals surface area (Å²) in [6.07, 6.45) is 3.95. The molecule has 1 aliphatic rings. The Balaban J connectivity index is 2.25. The molecule has 20 heavy (non-hydrogen) atoms. The number of nitrogens with one attached hydrogen (secondary N) is 1. The van der Waals surface area contributed by atoms with E-state index in [0.717, 1.165) is 5.52 Å². The molecule has 1 aliphatic heterocycles. The van der Waals surface area contributed by atoms with E-state index in [0.29, 0.717) is 29.7 Å². The maximum atomic E-state index is 12.4. The molecule has 0 aromatic carbocycles. The van der Waals surface area contributed by atoms with Crippen LogP contribution in [0.5, 0.6) is 0 Å². The normalized spacial score (nSPS) is 15.8. The van der Waals surface area contributed by atoms with Gasteiger partial charge in [0, 0.05) is 39.0 Å². The Morgan fingerprint density at radius 1 is 1.35 bits per heavy atom. The average molecular weight is 273 g/mol. The van der Waals surface area contributed by atoms with Crippen molar-refractivity contribution in [3.8, 4) is 0 Å². The minimum atomic E-state index is -0.324. The summed E-state index contributed by atoms with van der Waals surface area (Å²) in [5.74, 6) is 0. The van der Waals surface area contributed by atoms with Crippen LogP contribution in [0.3, 0.4) is 0 Å². The van der Waals surface area contributed by atoms with Gasteiger partial charge in [-0.1, -0.05) is 6.58 Å². The third kappa shape index (κ3) is 1.70. The Kier molecular flexibility index (Phi) is 2.63. The highest BCUT2D eigenvalue weighted by Gasteiger charge is 2.26. The summed E-state index contributed by atoms with van der Waals surface area (Å²) >= 11 is 0. The Bertz CT molecular complexity index is 786. The number of hydrogen-bond donors (Lipinski definition) is 1. The van der Waals surface area contributed by atoms with Gasteiger partial charge in [0.2, 0.25) is 0 Å². The quantitative estimate of drug-likeness (QED) is 0.831. The first-order valence-corrected chi connectivity index (χ1v) is 6.26. The SMILES string of the molecule is C=C1CCN(c2c(=O)n(C)cc3c2cnn3C)C(=O)N1.